The average Bonchev–Trinajstić information content (AvgIpc) is 2.13. The molecule has 0 radical (unpaired) electrons. The Hall–Kier alpha value is -0.835. The Morgan fingerprint density at radius 1 is 1.21 bits per heavy atom. The summed E-state index contributed by atoms with van der Waals surface area (Å²) >= 11 is 0. The summed E-state index contributed by atoms with van der Waals surface area (Å²) in [6.07, 6.45) is 0. The molecule has 0 amide bonds. The minimum atomic E-state index is -1.35. The highest BCUT2D eigenvalue weighted by molar-refractivity contribution is 6.58. The Balaban J connectivity index is 2.07. The topological polar surface area (TPSA) is 43.7 Å². The smallest absolute Gasteiger partial charge is 0.423 e. The third kappa shape index (κ3) is 1.82. The molecule has 1 saturated heterocycles. The van der Waals surface area contributed by atoms with Crippen molar-refractivity contribution in [1.82, 2.24) is 4.90 Å². The van der Waals surface area contributed by atoms with E-state index in [0.29, 0.717) is 11.4 Å². The van der Waals surface area contributed by atoms with E-state index < -0.39 is 7.12 Å². The van der Waals surface area contributed by atoms with E-state index in [1.54, 1.807) is 12.1 Å². The zero-order valence-corrected chi connectivity index (χ0v) is 8.22. The van der Waals surface area contributed by atoms with Crippen molar-refractivity contribution in [3.8, 4) is 0 Å². The van der Waals surface area contributed by atoms with Crippen LogP contribution < -0.4 is 5.46 Å². The van der Waals surface area contributed by atoms with Gasteiger partial charge in [0.25, 0.3) is 0 Å². The van der Waals surface area contributed by atoms with Gasteiger partial charge in [0.2, 0.25) is 0 Å². The molecule has 0 spiro atoms. The van der Waals surface area contributed by atoms with Crippen LogP contribution in [0.1, 0.15) is 11.5 Å². The molecule has 14 heavy (non-hydrogen) atoms. The maximum atomic E-state index is 8.91. The Kier molecular flexibility index (Phi) is 2.59. The summed E-state index contributed by atoms with van der Waals surface area (Å²) in [5.74, 6) is 0.616. The number of likely N-dealkylation sites (tertiary alicyclic amines) is 1. The molecule has 0 aliphatic carbocycles. The third-order valence-corrected chi connectivity index (χ3v) is 2.77. The molecule has 1 heterocycles. The Morgan fingerprint density at radius 3 is 2.21 bits per heavy atom. The fourth-order valence-corrected chi connectivity index (χ4v) is 1.85. The van der Waals surface area contributed by atoms with E-state index >= 15 is 0 Å². The summed E-state index contributed by atoms with van der Waals surface area (Å²) in [4.78, 5) is 2.26. The molecule has 2 N–H and O–H groups in total. The molecule has 1 aromatic rings. The van der Waals surface area contributed by atoms with E-state index in [2.05, 4.69) is 11.9 Å². The van der Waals surface area contributed by atoms with Crippen LogP contribution in [-0.2, 0) is 0 Å². The molecule has 0 saturated carbocycles. The lowest BCUT2D eigenvalue weighted by atomic mass is 9.79. The lowest BCUT2D eigenvalue weighted by molar-refractivity contribution is 0.190. The summed E-state index contributed by atoms with van der Waals surface area (Å²) in [7, 11) is 0.746. The van der Waals surface area contributed by atoms with Crippen molar-refractivity contribution >= 4 is 12.6 Å². The molecule has 0 atom stereocenters. The molecule has 1 aromatic carbocycles. The predicted molar refractivity (Wildman–Crippen MR) is 56.5 cm³/mol. The number of rotatable bonds is 2. The first kappa shape index (κ1) is 9.71. The number of benzene rings is 1. The lowest BCUT2D eigenvalue weighted by Gasteiger charge is -2.36. The van der Waals surface area contributed by atoms with Gasteiger partial charge in [0, 0.05) is 19.0 Å². The van der Waals surface area contributed by atoms with Crippen LogP contribution in [0, 0.1) is 0 Å². The third-order valence-electron chi connectivity index (χ3n) is 2.77. The summed E-state index contributed by atoms with van der Waals surface area (Å²) in [5, 5.41) is 17.8. The molecular formula is C10H14BNO2. The van der Waals surface area contributed by atoms with Gasteiger partial charge >= 0.3 is 7.12 Å². The van der Waals surface area contributed by atoms with Gasteiger partial charge in [-0.25, -0.2) is 0 Å². The van der Waals surface area contributed by atoms with E-state index in [9.17, 15) is 0 Å². The van der Waals surface area contributed by atoms with Crippen molar-refractivity contribution in [3.63, 3.8) is 0 Å². The second-order valence-corrected chi connectivity index (χ2v) is 3.96. The van der Waals surface area contributed by atoms with Crippen LogP contribution in [0.3, 0.4) is 0 Å². The molecule has 0 aromatic heterocycles. The maximum absolute atomic E-state index is 8.91. The fraction of sp³-hybridized carbons (Fsp3) is 0.400. The highest BCUT2D eigenvalue weighted by Gasteiger charge is 2.24. The van der Waals surface area contributed by atoms with Crippen molar-refractivity contribution < 1.29 is 10.0 Å². The van der Waals surface area contributed by atoms with Gasteiger partial charge in [0.1, 0.15) is 0 Å². The number of hydrogen-bond donors (Lipinski definition) is 2. The van der Waals surface area contributed by atoms with Gasteiger partial charge in [-0.2, -0.15) is 0 Å². The van der Waals surface area contributed by atoms with Crippen LogP contribution in [0.2, 0.25) is 0 Å². The maximum Gasteiger partial charge on any atom is 0.488 e. The van der Waals surface area contributed by atoms with Crippen LogP contribution in [-0.4, -0.2) is 42.2 Å². The van der Waals surface area contributed by atoms with Gasteiger partial charge < -0.3 is 14.9 Å². The molecule has 4 heteroatoms. The first-order valence-electron chi connectivity index (χ1n) is 4.81. The number of hydrogen-bond acceptors (Lipinski definition) is 3. The van der Waals surface area contributed by atoms with Crippen LogP contribution >= 0.6 is 0 Å². The second-order valence-electron chi connectivity index (χ2n) is 3.96. The highest BCUT2D eigenvalue weighted by atomic mass is 16.4. The predicted octanol–water partition coefficient (Wildman–Crippen LogP) is -0.605. The van der Waals surface area contributed by atoms with Gasteiger partial charge in [-0.3, -0.25) is 0 Å². The standard InChI is InChI=1S/C10H14BNO2/c1-12-6-9(7-12)8-2-4-10(5-3-8)11(13)14/h2-5,9,13-14H,6-7H2,1H3. The second kappa shape index (κ2) is 3.73. The van der Waals surface area contributed by atoms with Gasteiger partial charge in [-0.15, -0.1) is 0 Å². The van der Waals surface area contributed by atoms with Crippen LogP contribution in [0.4, 0.5) is 0 Å². The first-order chi connectivity index (χ1) is 6.66. The van der Waals surface area contributed by atoms with E-state index in [4.69, 9.17) is 10.0 Å². The largest absolute Gasteiger partial charge is 0.488 e. The van der Waals surface area contributed by atoms with Crippen LogP contribution in [0.15, 0.2) is 24.3 Å². The molecule has 1 aliphatic rings. The zero-order chi connectivity index (χ0) is 10.1. The Morgan fingerprint density at radius 2 is 1.79 bits per heavy atom. The minimum absolute atomic E-state index is 0.557. The van der Waals surface area contributed by atoms with Crippen molar-refractivity contribution in [2.24, 2.45) is 0 Å². The molecule has 2 rings (SSSR count). The van der Waals surface area contributed by atoms with Crippen molar-refractivity contribution in [1.29, 1.82) is 0 Å². The van der Waals surface area contributed by atoms with Crippen molar-refractivity contribution in [2.75, 3.05) is 20.1 Å². The fourth-order valence-electron chi connectivity index (χ4n) is 1.85. The Labute approximate surface area is 84.1 Å². The monoisotopic (exact) mass is 191 g/mol. The number of nitrogens with zero attached hydrogens (tertiary/aromatic N) is 1. The molecule has 0 unspecified atom stereocenters. The molecule has 0 bridgehead atoms. The van der Waals surface area contributed by atoms with E-state index in [0.717, 1.165) is 13.1 Å². The van der Waals surface area contributed by atoms with E-state index in [1.165, 1.54) is 5.56 Å². The summed E-state index contributed by atoms with van der Waals surface area (Å²) < 4.78 is 0. The SMILES string of the molecule is CN1CC(c2ccc(B(O)O)cc2)C1. The zero-order valence-electron chi connectivity index (χ0n) is 8.22. The molecule has 1 fully saturated rings. The van der Waals surface area contributed by atoms with Gasteiger partial charge in [-0.1, -0.05) is 24.3 Å². The number of likely N-dealkylation sites (N-methyl/N-ethyl adjacent to an activating group) is 1. The molecule has 1 aliphatic heterocycles. The molecule has 3 nitrogen and oxygen atoms in total. The summed E-state index contributed by atoms with van der Waals surface area (Å²) in [6.45, 7) is 2.20. The van der Waals surface area contributed by atoms with Gasteiger partial charge in [0.15, 0.2) is 0 Å². The first-order valence-corrected chi connectivity index (χ1v) is 4.81. The van der Waals surface area contributed by atoms with Gasteiger partial charge in [-0.05, 0) is 18.1 Å². The van der Waals surface area contributed by atoms with Crippen LogP contribution in [0.25, 0.3) is 0 Å². The molecular weight excluding hydrogens is 177 g/mol. The average molecular weight is 191 g/mol. The summed E-state index contributed by atoms with van der Waals surface area (Å²) in [5.41, 5.74) is 1.84. The Bertz CT molecular complexity index is 306. The van der Waals surface area contributed by atoms with Gasteiger partial charge in [0.05, 0.1) is 0 Å². The van der Waals surface area contributed by atoms with E-state index in [1.807, 2.05) is 12.1 Å². The summed E-state index contributed by atoms with van der Waals surface area (Å²) in [6, 6.07) is 7.51. The quantitative estimate of drug-likeness (QED) is 0.613. The lowest BCUT2D eigenvalue weighted by Crippen LogP contribution is -2.41. The normalized spacial score (nSPS) is 17.9. The molecule has 74 valence electrons. The van der Waals surface area contributed by atoms with Crippen LogP contribution in [0.5, 0.6) is 0 Å². The van der Waals surface area contributed by atoms with Crippen molar-refractivity contribution in [2.45, 2.75) is 5.92 Å². The minimum Gasteiger partial charge on any atom is -0.423 e. The van der Waals surface area contributed by atoms with E-state index in [-0.39, 0.29) is 0 Å². The van der Waals surface area contributed by atoms with Crippen molar-refractivity contribution in [3.05, 3.63) is 29.8 Å². The highest BCUT2D eigenvalue weighted by Crippen LogP contribution is 2.24.